The number of hydrogen-bond donors (Lipinski definition) is 0. The van der Waals surface area contributed by atoms with E-state index >= 15 is 0 Å². The molecule has 0 spiro atoms. The highest BCUT2D eigenvalue weighted by Gasteiger charge is 2.32. The van der Waals surface area contributed by atoms with Crippen molar-refractivity contribution in [2.24, 2.45) is 0 Å². The molecule has 4 rings (SSSR count). The number of aldehydes is 1. The Bertz CT molecular complexity index is 1120. The molecule has 0 saturated heterocycles. The molecule has 1 aromatic heterocycles. The molecule has 0 fully saturated rings. The van der Waals surface area contributed by atoms with Crippen LogP contribution in [0.25, 0.3) is 10.9 Å². The fourth-order valence-electron chi connectivity index (χ4n) is 3.86. The van der Waals surface area contributed by atoms with Crippen LogP contribution >= 0.6 is 0 Å². The number of carbonyl (C=O) groups is 1. The summed E-state index contributed by atoms with van der Waals surface area (Å²) < 4.78 is 42.4. The second-order valence-corrected chi connectivity index (χ2v) is 8.77. The summed E-state index contributed by atoms with van der Waals surface area (Å²) in [6, 6.07) is 12.3. The molecule has 3 aromatic rings. The predicted octanol–water partition coefficient (Wildman–Crippen LogP) is 3.23. The first-order valence-electron chi connectivity index (χ1n) is 8.72. The number of likely N-dealkylation sites (N-methyl/N-ethyl adjacent to an activating group) is 1. The van der Waals surface area contributed by atoms with Crippen molar-refractivity contribution in [1.82, 2.24) is 8.87 Å². The fourth-order valence-corrected chi connectivity index (χ4v) is 5.24. The average Bonchev–Trinajstić information content (AvgIpc) is 3.00. The number of sulfonamides is 1. The smallest absolute Gasteiger partial charge is 0.243 e. The van der Waals surface area contributed by atoms with Crippen LogP contribution in [0.1, 0.15) is 22.5 Å². The average molecular weight is 386 g/mol. The Morgan fingerprint density at radius 1 is 1.15 bits per heavy atom. The highest BCUT2D eigenvalue weighted by Crippen LogP contribution is 2.32. The molecule has 140 valence electrons. The molecule has 1 atom stereocenters. The Morgan fingerprint density at radius 2 is 1.85 bits per heavy atom. The van der Waals surface area contributed by atoms with Crippen molar-refractivity contribution < 1.29 is 17.6 Å². The number of halogens is 1. The largest absolute Gasteiger partial charge is 0.342 e. The summed E-state index contributed by atoms with van der Waals surface area (Å²) in [6.07, 6.45) is 2.12. The van der Waals surface area contributed by atoms with E-state index in [0.717, 1.165) is 35.0 Å². The molecule has 0 N–H and O–H groups in total. The monoisotopic (exact) mass is 386 g/mol. The predicted molar refractivity (Wildman–Crippen MR) is 101 cm³/mol. The third kappa shape index (κ3) is 2.87. The number of benzene rings is 2. The summed E-state index contributed by atoms with van der Waals surface area (Å²) in [4.78, 5) is 11.7. The van der Waals surface area contributed by atoms with E-state index < -0.39 is 15.8 Å². The third-order valence-electron chi connectivity index (χ3n) is 5.35. The summed E-state index contributed by atoms with van der Waals surface area (Å²) in [7, 11) is -2.17. The van der Waals surface area contributed by atoms with Crippen molar-refractivity contribution in [2.75, 3.05) is 7.05 Å². The number of carbonyl (C=O) groups excluding carboxylic acids is 1. The fraction of sp³-hybridized carbons (Fsp3) is 0.250. The second-order valence-electron chi connectivity index (χ2n) is 6.77. The number of fused-ring (bicyclic) bond motifs is 3. The lowest BCUT2D eigenvalue weighted by Gasteiger charge is -2.32. The topological polar surface area (TPSA) is 59.4 Å². The number of rotatable bonds is 4. The second kappa shape index (κ2) is 6.58. The van der Waals surface area contributed by atoms with Crippen molar-refractivity contribution in [3.05, 3.63) is 65.6 Å². The highest BCUT2D eigenvalue weighted by molar-refractivity contribution is 7.89. The summed E-state index contributed by atoms with van der Waals surface area (Å²) in [6.45, 7) is 0.473. The van der Waals surface area contributed by atoms with Gasteiger partial charge in [-0.2, -0.15) is 4.31 Å². The molecule has 5 nitrogen and oxygen atoms in total. The highest BCUT2D eigenvalue weighted by atomic mass is 32.2. The zero-order valence-electron chi connectivity index (χ0n) is 14.8. The van der Waals surface area contributed by atoms with Gasteiger partial charge in [0.1, 0.15) is 5.82 Å². The van der Waals surface area contributed by atoms with Gasteiger partial charge in [-0.1, -0.05) is 18.2 Å². The van der Waals surface area contributed by atoms with Crippen molar-refractivity contribution in [3.63, 3.8) is 0 Å². The zero-order chi connectivity index (χ0) is 19.2. The molecule has 2 heterocycles. The number of para-hydroxylation sites is 1. The molecular formula is C20H19FN2O3S. The standard InChI is InChI=1S/C20H19FN2O3S/c1-22(27(25,26)16-9-6-14(21)7-10-16)15-8-11-20-18(13-24)17-4-2-3-5-19(17)23(20)12-15/h2-7,9-10,13,15H,8,11-12H2,1H3. The number of nitrogens with zero attached hydrogens (tertiary/aromatic N) is 2. The van der Waals surface area contributed by atoms with E-state index in [1.165, 1.54) is 16.4 Å². The quantitative estimate of drug-likeness (QED) is 0.647. The van der Waals surface area contributed by atoms with Crippen molar-refractivity contribution in [3.8, 4) is 0 Å². The Labute approximate surface area is 157 Å². The normalized spacial score (nSPS) is 17.2. The first-order valence-corrected chi connectivity index (χ1v) is 10.2. The molecule has 0 bridgehead atoms. The van der Waals surface area contributed by atoms with Gasteiger partial charge < -0.3 is 4.57 Å². The first-order chi connectivity index (χ1) is 12.9. The number of aromatic nitrogens is 1. The van der Waals surface area contributed by atoms with E-state index in [9.17, 15) is 17.6 Å². The molecule has 0 radical (unpaired) electrons. The minimum Gasteiger partial charge on any atom is -0.342 e. The van der Waals surface area contributed by atoms with Crippen LogP contribution in [0.2, 0.25) is 0 Å². The molecule has 27 heavy (non-hydrogen) atoms. The maximum atomic E-state index is 13.1. The Balaban J connectivity index is 1.70. The van der Waals surface area contributed by atoms with Gasteiger partial charge in [-0.05, 0) is 43.2 Å². The van der Waals surface area contributed by atoms with E-state index in [4.69, 9.17) is 0 Å². The lowest BCUT2D eigenvalue weighted by Crippen LogP contribution is -2.42. The van der Waals surface area contributed by atoms with Gasteiger partial charge in [0.25, 0.3) is 0 Å². The molecule has 7 heteroatoms. The van der Waals surface area contributed by atoms with Gasteiger partial charge in [0.15, 0.2) is 6.29 Å². The maximum absolute atomic E-state index is 13.1. The van der Waals surface area contributed by atoms with Crippen LogP contribution < -0.4 is 0 Å². The van der Waals surface area contributed by atoms with E-state index in [-0.39, 0.29) is 10.9 Å². The van der Waals surface area contributed by atoms with Crippen LogP contribution in [-0.2, 0) is 23.0 Å². The molecule has 2 aromatic carbocycles. The van der Waals surface area contributed by atoms with Gasteiger partial charge in [0.05, 0.1) is 4.90 Å². The molecule has 0 saturated carbocycles. The van der Waals surface area contributed by atoms with E-state index in [1.807, 2.05) is 28.8 Å². The molecule has 1 aliphatic rings. The van der Waals surface area contributed by atoms with Crippen LogP contribution in [0.3, 0.4) is 0 Å². The summed E-state index contributed by atoms with van der Waals surface area (Å²) in [5, 5.41) is 0.896. The van der Waals surface area contributed by atoms with Crippen molar-refractivity contribution >= 4 is 27.2 Å². The van der Waals surface area contributed by atoms with E-state index in [1.54, 1.807) is 7.05 Å². The van der Waals surface area contributed by atoms with E-state index in [0.29, 0.717) is 24.9 Å². The Hall–Kier alpha value is -2.51. The number of hydrogen-bond acceptors (Lipinski definition) is 3. The van der Waals surface area contributed by atoms with Gasteiger partial charge in [0, 0.05) is 41.8 Å². The van der Waals surface area contributed by atoms with Crippen LogP contribution in [-0.4, -0.2) is 36.7 Å². The van der Waals surface area contributed by atoms with Crippen LogP contribution in [0.4, 0.5) is 4.39 Å². The minimum absolute atomic E-state index is 0.0724. The van der Waals surface area contributed by atoms with Gasteiger partial charge in [-0.3, -0.25) is 4.79 Å². The van der Waals surface area contributed by atoms with Gasteiger partial charge in [0.2, 0.25) is 10.0 Å². The molecule has 1 unspecified atom stereocenters. The Morgan fingerprint density at radius 3 is 2.56 bits per heavy atom. The lowest BCUT2D eigenvalue weighted by atomic mass is 10.0. The van der Waals surface area contributed by atoms with Gasteiger partial charge in [-0.25, -0.2) is 12.8 Å². The lowest BCUT2D eigenvalue weighted by molar-refractivity contribution is 0.112. The summed E-state index contributed by atoms with van der Waals surface area (Å²) in [5.41, 5.74) is 2.58. The third-order valence-corrected chi connectivity index (χ3v) is 7.28. The molecular weight excluding hydrogens is 367 g/mol. The van der Waals surface area contributed by atoms with E-state index in [2.05, 4.69) is 0 Å². The Kier molecular flexibility index (Phi) is 4.36. The van der Waals surface area contributed by atoms with Gasteiger partial charge in [-0.15, -0.1) is 0 Å². The molecule has 0 aliphatic carbocycles. The first kappa shape index (κ1) is 17.9. The van der Waals surface area contributed by atoms with Crippen molar-refractivity contribution in [2.45, 2.75) is 30.3 Å². The SMILES string of the molecule is CN(C1CCc2c(C=O)c3ccccc3n2C1)S(=O)(=O)c1ccc(F)cc1. The van der Waals surface area contributed by atoms with Crippen molar-refractivity contribution in [1.29, 1.82) is 0 Å². The van der Waals surface area contributed by atoms with Crippen LogP contribution in [0.15, 0.2) is 53.4 Å². The van der Waals surface area contributed by atoms with Crippen LogP contribution in [0.5, 0.6) is 0 Å². The maximum Gasteiger partial charge on any atom is 0.243 e. The summed E-state index contributed by atoms with van der Waals surface area (Å²) >= 11 is 0. The zero-order valence-corrected chi connectivity index (χ0v) is 15.6. The molecule has 0 amide bonds. The minimum atomic E-state index is -3.73. The summed E-state index contributed by atoms with van der Waals surface area (Å²) in [5.74, 6) is -0.473. The molecule has 1 aliphatic heterocycles. The van der Waals surface area contributed by atoms with Gasteiger partial charge >= 0.3 is 0 Å². The van der Waals surface area contributed by atoms with Crippen LogP contribution in [0, 0.1) is 5.82 Å².